The van der Waals surface area contributed by atoms with Gasteiger partial charge in [-0.2, -0.15) is 0 Å². The molecule has 0 saturated heterocycles. The van der Waals surface area contributed by atoms with Crippen LogP contribution in [0.4, 0.5) is 0 Å². The average Bonchev–Trinajstić information content (AvgIpc) is 2.83. The molecule has 1 aromatic carbocycles. The Bertz CT molecular complexity index is 584. The molecule has 1 aliphatic rings. The van der Waals surface area contributed by atoms with Crippen LogP contribution in [0.2, 0.25) is 0 Å². The number of aromatic nitrogens is 1. The Hall–Kier alpha value is -1.67. The van der Waals surface area contributed by atoms with Crippen molar-refractivity contribution >= 4 is 0 Å². The molecule has 2 aromatic rings. The lowest BCUT2D eigenvalue weighted by Crippen LogP contribution is -2.39. The second-order valence-electron chi connectivity index (χ2n) is 5.79. The van der Waals surface area contributed by atoms with Gasteiger partial charge in [-0.15, -0.1) is 0 Å². The van der Waals surface area contributed by atoms with Crippen molar-refractivity contribution < 1.29 is 0 Å². The minimum Gasteiger partial charge on any atom is -0.321 e. The fraction of sp³-hybridized carbons (Fsp3) is 0.353. The summed E-state index contributed by atoms with van der Waals surface area (Å²) in [7, 11) is 0. The van der Waals surface area contributed by atoms with Crippen LogP contribution in [0.1, 0.15) is 41.6 Å². The first-order valence-corrected chi connectivity index (χ1v) is 6.89. The Labute approximate surface area is 114 Å². The van der Waals surface area contributed by atoms with Crippen molar-refractivity contribution in [1.29, 1.82) is 0 Å². The summed E-state index contributed by atoms with van der Waals surface area (Å²) in [5, 5.41) is 0. The van der Waals surface area contributed by atoms with Gasteiger partial charge in [-0.05, 0) is 43.9 Å². The zero-order valence-electron chi connectivity index (χ0n) is 11.6. The predicted octanol–water partition coefficient (Wildman–Crippen LogP) is 3.29. The molecule has 0 aliphatic heterocycles. The quantitative estimate of drug-likeness (QED) is 0.890. The van der Waals surface area contributed by atoms with Crippen LogP contribution in [0.3, 0.4) is 0 Å². The van der Waals surface area contributed by atoms with E-state index in [1.807, 2.05) is 12.3 Å². The largest absolute Gasteiger partial charge is 0.321 e. The number of hydrogen-bond acceptors (Lipinski definition) is 2. The van der Waals surface area contributed by atoms with Gasteiger partial charge in [0.1, 0.15) is 0 Å². The highest BCUT2D eigenvalue weighted by molar-refractivity contribution is 5.37. The van der Waals surface area contributed by atoms with Crippen molar-refractivity contribution in [2.24, 2.45) is 5.73 Å². The van der Waals surface area contributed by atoms with Gasteiger partial charge in [-0.1, -0.05) is 35.9 Å². The molecule has 2 heteroatoms. The van der Waals surface area contributed by atoms with Crippen molar-refractivity contribution in [2.75, 3.05) is 0 Å². The van der Waals surface area contributed by atoms with Crippen molar-refractivity contribution in [3.05, 3.63) is 65.0 Å². The molecule has 98 valence electrons. The number of aryl methyl sites for hydroxylation is 2. The highest BCUT2D eigenvalue weighted by atomic mass is 14.8. The van der Waals surface area contributed by atoms with E-state index >= 15 is 0 Å². The molecule has 2 atom stereocenters. The third-order valence-corrected chi connectivity index (χ3v) is 4.36. The van der Waals surface area contributed by atoms with Crippen LogP contribution in [-0.2, 0) is 12.0 Å². The summed E-state index contributed by atoms with van der Waals surface area (Å²) in [6.45, 7) is 4.23. The fourth-order valence-electron chi connectivity index (χ4n) is 3.11. The zero-order valence-corrected chi connectivity index (χ0v) is 11.6. The molecule has 0 bridgehead atoms. The van der Waals surface area contributed by atoms with E-state index in [0.29, 0.717) is 5.92 Å². The smallest absolute Gasteiger partial charge is 0.0488 e. The van der Waals surface area contributed by atoms with Gasteiger partial charge < -0.3 is 5.73 Å². The molecule has 1 heterocycles. The molecule has 2 N–H and O–H groups in total. The Morgan fingerprint density at radius 1 is 1.21 bits per heavy atom. The van der Waals surface area contributed by atoms with E-state index in [4.69, 9.17) is 5.73 Å². The second kappa shape index (κ2) is 4.46. The lowest BCUT2D eigenvalue weighted by atomic mass is 9.78. The van der Waals surface area contributed by atoms with Crippen LogP contribution in [0.25, 0.3) is 0 Å². The van der Waals surface area contributed by atoms with E-state index in [9.17, 15) is 0 Å². The first kappa shape index (κ1) is 12.4. The number of pyridine rings is 1. The lowest BCUT2D eigenvalue weighted by molar-refractivity contribution is 0.381. The van der Waals surface area contributed by atoms with Gasteiger partial charge in [0.15, 0.2) is 0 Å². The topological polar surface area (TPSA) is 38.9 Å². The normalized spacial score (nSPS) is 20.9. The molecule has 1 aliphatic carbocycles. The maximum absolute atomic E-state index is 6.67. The molecule has 3 rings (SSSR count). The summed E-state index contributed by atoms with van der Waals surface area (Å²) < 4.78 is 0. The van der Waals surface area contributed by atoms with Crippen LogP contribution in [0.5, 0.6) is 0 Å². The Kier molecular flexibility index (Phi) is 2.90. The first-order chi connectivity index (χ1) is 9.09. The lowest BCUT2D eigenvalue weighted by Gasteiger charge is -2.32. The molecule has 19 heavy (non-hydrogen) atoms. The summed E-state index contributed by atoms with van der Waals surface area (Å²) in [6, 6.07) is 12.8. The van der Waals surface area contributed by atoms with E-state index in [1.54, 1.807) is 0 Å². The number of fused-ring (bicyclic) bond motifs is 1. The summed E-state index contributed by atoms with van der Waals surface area (Å²) >= 11 is 0. The van der Waals surface area contributed by atoms with Gasteiger partial charge in [0.25, 0.3) is 0 Å². The average molecular weight is 252 g/mol. The molecule has 1 aromatic heterocycles. The number of rotatable bonds is 2. The van der Waals surface area contributed by atoms with E-state index < -0.39 is 0 Å². The molecular formula is C17H20N2. The van der Waals surface area contributed by atoms with Crippen molar-refractivity contribution in [3.63, 3.8) is 0 Å². The third kappa shape index (κ3) is 2.06. The third-order valence-electron chi connectivity index (χ3n) is 4.36. The highest BCUT2D eigenvalue weighted by Crippen LogP contribution is 2.42. The van der Waals surface area contributed by atoms with Crippen molar-refractivity contribution in [2.45, 2.75) is 38.1 Å². The number of nitrogens with two attached hydrogens (primary N) is 1. The second-order valence-corrected chi connectivity index (χ2v) is 5.79. The predicted molar refractivity (Wildman–Crippen MR) is 78.0 cm³/mol. The first-order valence-electron chi connectivity index (χ1n) is 6.89. The number of hydrogen-bond donors (Lipinski definition) is 1. The SMILES string of the molecule is Cc1ccc(C(C)(N)C2CCc3cccnc32)cc1. The zero-order chi connectivity index (χ0) is 13.5. The summed E-state index contributed by atoms with van der Waals surface area (Å²) in [5.41, 5.74) is 11.3. The summed E-state index contributed by atoms with van der Waals surface area (Å²) in [4.78, 5) is 4.57. The molecule has 0 fully saturated rings. The Morgan fingerprint density at radius 2 is 1.95 bits per heavy atom. The highest BCUT2D eigenvalue weighted by Gasteiger charge is 2.38. The van der Waals surface area contributed by atoms with Crippen LogP contribution >= 0.6 is 0 Å². The van der Waals surface area contributed by atoms with E-state index in [-0.39, 0.29) is 5.54 Å². The molecule has 0 amide bonds. The molecule has 2 nitrogen and oxygen atoms in total. The number of benzene rings is 1. The van der Waals surface area contributed by atoms with Crippen molar-refractivity contribution in [3.8, 4) is 0 Å². The minimum absolute atomic E-state index is 0.311. The van der Waals surface area contributed by atoms with E-state index in [2.05, 4.69) is 49.2 Å². The number of nitrogens with zero attached hydrogens (tertiary/aromatic N) is 1. The van der Waals surface area contributed by atoms with Crippen LogP contribution in [0, 0.1) is 6.92 Å². The van der Waals surface area contributed by atoms with Gasteiger partial charge in [0, 0.05) is 23.3 Å². The van der Waals surface area contributed by atoms with Crippen LogP contribution in [0.15, 0.2) is 42.6 Å². The molecule has 0 spiro atoms. The van der Waals surface area contributed by atoms with Gasteiger partial charge in [-0.25, -0.2) is 0 Å². The molecular weight excluding hydrogens is 232 g/mol. The fourth-order valence-corrected chi connectivity index (χ4v) is 3.11. The molecule has 0 saturated carbocycles. The van der Waals surface area contributed by atoms with E-state index in [0.717, 1.165) is 12.8 Å². The molecule has 2 unspecified atom stereocenters. The van der Waals surface area contributed by atoms with Crippen molar-refractivity contribution in [1.82, 2.24) is 4.98 Å². The Balaban J connectivity index is 2.00. The molecule has 0 radical (unpaired) electrons. The van der Waals surface area contributed by atoms with Gasteiger partial charge in [0.2, 0.25) is 0 Å². The maximum Gasteiger partial charge on any atom is 0.0488 e. The van der Waals surface area contributed by atoms with Gasteiger partial charge in [-0.3, -0.25) is 4.98 Å². The van der Waals surface area contributed by atoms with Crippen LogP contribution < -0.4 is 5.73 Å². The Morgan fingerprint density at radius 3 is 2.68 bits per heavy atom. The van der Waals surface area contributed by atoms with Gasteiger partial charge in [0.05, 0.1) is 0 Å². The summed E-state index contributed by atoms with van der Waals surface area (Å²) in [5.74, 6) is 0.311. The monoisotopic (exact) mass is 252 g/mol. The van der Waals surface area contributed by atoms with E-state index in [1.165, 1.54) is 22.4 Å². The minimum atomic E-state index is -0.354. The maximum atomic E-state index is 6.67. The summed E-state index contributed by atoms with van der Waals surface area (Å²) in [6.07, 6.45) is 4.06. The van der Waals surface area contributed by atoms with Crippen LogP contribution in [-0.4, -0.2) is 4.98 Å². The van der Waals surface area contributed by atoms with Gasteiger partial charge >= 0.3 is 0 Å². The standard InChI is InChI=1S/C17H20N2/c1-12-5-8-14(9-6-12)17(2,18)15-10-7-13-4-3-11-19-16(13)15/h3-6,8-9,11,15H,7,10,18H2,1-2H3.